The predicted octanol–water partition coefficient (Wildman–Crippen LogP) is 2.33. The molecule has 0 aromatic heterocycles. The Morgan fingerprint density at radius 1 is 1.41 bits per heavy atom. The molecule has 2 rings (SSSR count). The van der Waals surface area contributed by atoms with Gasteiger partial charge in [-0.15, -0.1) is 0 Å². The minimum absolute atomic E-state index is 0.0526. The zero-order chi connectivity index (χ0) is 12.6. The Morgan fingerprint density at radius 2 is 2.00 bits per heavy atom. The van der Waals surface area contributed by atoms with E-state index < -0.39 is 11.6 Å². The van der Waals surface area contributed by atoms with Crippen molar-refractivity contribution in [3.8, 4) is 0 Å². The number of nitrogens with zero attached hydrogens (tertiary/aromatic N) is 1. The van der Waals surface area contributed by atoms with Crippen LogP contribution in [-0.2, 0) is 0 Å². The third kappa shape index (κ3) is 2.17. The maximum Gasteiger partial charge on any atom is 0.254 e. The van der Waals surface area contributed by atoms with E-state index in [1.54, 1.807) is 29.2 Å². The Bertz CT molecular complexity index is 428. The molecule has 1 aliphatic heterocycles. The molecule has 0 saturated carbocycles. The fourth-order valence-corrected chi connectivity index (χ4v) is 2.31. The molecule has 3 nitrogen and oxygen atoms in total. The van der Waals surface area contributed by atoms with Gasteiger partial charge in [0.2, 0.25) is 0 Å². The summed E-state index contributed by atoms with van der Waals surface area (Å²) in [6.07, 6.45) is 0.172. The molecule has 1 atom stereocenters. The van der Waals surface area contributed by atoms with Gasteiger partial charge < -0.3 is 10.0 Å². The highest BCUT2D eigenvalue weighted by atomic mass is 35.5. The zero-order valence-electron chi connectivity index (χ0n) is 9.98. The highest BCUT2D eigenvalue weighted by molar-refractivity contribution is 6.30. The van der Waals surface area contributed by atoms with Crippen molar-refractivity contribution in [1.82, 2.24) is 4.90 Å². The van der Waals surface area contributed by atoms with Gasteiger partial charge in [-0.05, 0) is 44.5 Å². The number of amides is 1. The number of carbonyl (C=O) groups excluding carboxylic acids is 1. The molecule has 92 valence electrons. The fourth-order valence-electron chi connectivity index (χ4n) is 2.18. The number of halogens is 1. The van der Waals surface area contributed by atoms with Crippen LogP contribution in [0.5, 0.6) is 0 Å². The molecule has 1 amide bonds. The van der Waals surface area contributed by atoms with Gasteiger partial charge in [0.25, 0.3) is 5.91 Å². The van der Waals surface area contributed by atoms with E-state index in [-0.39, 0.29) is 5.91 Å². The lowest BCUT2D eigenvalue weighted by atomic mass is 9.98. The molecule has 0 spiro atoms. The molecule has 1 aromatic rings. The average molecular weight is 254 g/mol. The van der Waals surface area contributed by atoms with E-state index in [9.17, 15) is 9.90 Å². The van der Waals surface area contributed by atoms with Crippen LogP contribution in [-0.4, -0.2) is 34.1 Å². The van der Waals surface area contributed by atoms with E-state index in [2.05, 4.69) is 0 Å². The Kier molecular flexibility index (Phi) is 3.15. The molecular formula is C13H16ClNO2. The van der Waals surface area contributed by atoms with Gasteiger partial charge >= 0.3 is 0 Å². The molecule has 0 aliphatic carbocycles. The number of carbonyl (C=O) groups is 1. The molecule has 1 aromatic carbocycles. The second kappa shape index (κ2) is 4.31. The van der Waals surface area contributed by atoms with E-state index >= 15 is 0 Å². The second-order valence-electron chi connectivity index (χ2n) is 4.92. The van der Waals surface area contributed by atoms with Crippen molar-refractivity contribution >= 4 is 17.5 Å². The average Bonchev–Trinajstić information content (AvgIpc) is 2.54. The van der Waals surface area contributed by atoms with Gasteiger partial charge in [-0.2, -0.15) is 0 Å². The summed E-state index contributed by atoms with van der Waals surface area (Å²) >= 11 is 5.79. The summed E-state index contributed by atoms with van der Waals surface area (Å²) < 4.78 is 0. The SMILES string of the molecule is CC1(C)C(O)CCN1C(=O)c1ccc(Cl)cc1. The summed E-state index contributed by atoms with van der Waals surface area (Å²) in [4.78, 5) is 14.0. The standard InChI is InChI=1S/C13H16ClNO2/c1-13(2)11(16)7-8-15(13)12(17)9-3-5-10(14)6-4-9/h3-6,11,16H,7-8H2,1-2H3. The lowest BCUT2D eigenvalue weighted by Crippen LogP contribution is -2.48. The summed E-state index contributed by atoms with van der Waals surface area (Å²) in [5, 5.41) is 10.5. The second-order valence-corrected chi connectivity index (χ2v) is 5.36. The number of hydrogen-bond donors (Lipinski definition) is 1. The molecule has 0 bridgehead atoms. The van der Waals surface area contributed by atoms with Gasteiger partial charge in [-0.1, -0.05) is 11.6 Å². The summed E-state index contributed by atoms with van der Waals surface area (Å²) in [7, 11) is 0. The minimum Gasteiger partial charge on any atom is -0.391 e. The van der Waals surface area contributed by atoms with E-state index in [0.29, 0.717) is 23.6 Å². The van der Waals surface area contributed by atoms with Crippen molar-refractivity contribution in [2.24, 2.45) is 0 Å². The molecule has 1 N–H and O–H groups in total. The van der Waals surface area contributed by atoms with Gasteiger partial charge in [0.1, 0.15) is 0 Å². The molecule has 1 fully saturated rings. The van der Waals surface area contributed by atoms with Crippen LogP contribution in [0.15, 0.2) is 24.3 Å². The van der Waals surface area contributed by atoms with Crippen LogP contribution >= 0.6 is 11.6 Å². The Morgan fingerprint density at radius 3 is 2.47 bits per heavy atom. The first-order valence-corrected chi connectivity index (χ1v) is 6.06. The first-order valence-electron chi connectivity index (χ1n) is 5.68. The molecule has 1 heterocycles. The molecule has 0 radical (unpaired) electrons. The maximum absolute atomic E-state index is 12.3. The topological polar surface area (TPSA) is 40.5 Å². The molecule has 1 unspecified atom stereocenters. The van der Waals surface area contributed by atoms with Gasteiger partial charge in [0.05, 0.1) is 11.6 Å². The fraction of sp³-hybridized carbons (Fsp3) is 0.462. The molecule has 17 heavy (non-hydrogen) atoms. The number of hydrogen-bond acceptors (Lipinski definition) is 2. The van der Waals surface area contributed by atoms with E-state index in [1.165, 1.54) is 0 Å². The number of benzene rings is 1. The molecule has 1 aliphatic rings. The van der Waals surface area contributed by atoms with E-state index in [4.69, 9.17) is 11.6 Å². The van der Waals surface area contributed by atoms with Crippen molar-refractivity contribution < 1.29 is 9.90 Å². The molecular weight excluding hydrogens is 238 g/mol. The van der Waals surface area contributed by atoms with Crippen LogP contribution in [0.1, 0.15) is 30.6 Å². The lowest BCUT2D eigenvalue weighted by molar-refractivity contribution is 0.0394. The summed E-state index contributed by atoms with van der Waals surface area (Å²) in [6, 6.07) is 6.83. The first kappa shape index (κ1) is 12.4. The van der Waals surface area contributed by atoms with Gasteiger partial charge in [-0.3, -0.25) is 4.79 Å². The Balaban J connectivity index is 2.24. The molecule has 1 saturated heterocycles. The normalized spacial score (nSPS) is 22.8. The first-order chi connectivity index (χ1) is 7.93. The maximum atomic E-state index is 12.3. The van der Waals surface area contributed by atoms with Gasteiger partial charge in [0.15, 0.2) is 0 Å². The van der Waals surface area contributed by atoms with Crippen molar-refractivity contribution in [2.45, 2.75) is 31.9 Å². The quantitative estimate of drug-likeness (QED) is 0.835. The molecule has 4 heteroatoms. The van der Waals surface area contributed by atoms with Crippen LogP contribution in [0, 0.1) is 0 Å². The Labute approximate surface area is 106 Å². The highest BCUT2D eigenvalue weighted by Gasteiger charge is 2.42. The summed E-state index contributed by atoms with van der Waals surface area (Å²) in [6.45, 7) is 4.37. The van der Waals surface area contributed by atoms with Crippen molar-refractivity contribution in [1.29, 1.82) is 0 Å². The van der Waals surface area contributed by atoms with Crippen LogP contribution in [0.4, 0.5) is 0 Å². The minimum atomic E-state index is -0.503. The van der Waals surface area contributed by atoms with Crippen molar-refractivity contribution in [3.63, 3.8) is 0 Å². The zero-order valence-corrected chi connectivity index (χ0v) is 10.7. The largest absolute Gasteiger partial charge is 0.391 e. The van der Waals surface area contributed by atoms with Crippen LogP contribution < -0.4 is 0 Å². The smallest absolute Gasteiger partial charge is 0.254 e. The van der Waals surface area contributed by atoms with Gasteiger partial charge in [0, 0.05) is 17.1 Å². The van der Waals surface area contributed by atoms with Crippen molar-refractivity contribution in [3.05, 3.63) is 34.9 Å². The number of aliphatic hydroxyl groups excluding tert-OH is 1. The number of likely N-dealkylation sites (tertiary alicyclic amines) is 1. The van der Waals surface area contributed by atoms with Crippen LogP contribution in [0.3, 0.4) is 0 Å². The Hall–Kier alpha value is -1.06. The monoisotopic (exact) mass is 253 g/mol. The van der Waals surface area contributed by atoms with E-state index in [0.717, 1.165) is 0 Å². The number of aliphatic hydroxyl groups is 1. The van der Waals surface area contributed by atoms with Crippen molar-refractivity contribution in [2.75, 3.05) is 6.54 Å². The van der Waals surface area contributed by atoms with E-state index in [1.807, 2.05) is 13.8 Å². The lowest BCUT2D eigenvalue weighted by Gasteiger charge is -2.33. The third-order valence-corrected chi connectivity index (χ3v) is 3.73. The van der Waals surface area contributed by atoms with Crippen LogP contribution in [0.25, 0.3) is 0 Å². The van der Waals surface area contributed by atoms with Gasteiger partial charge in [-0.25, -0.2) is 0 Å². The highest BCUT2D eigenvalue weighted by Crippen LogP contribution is 2.30. The summed E-state index contributed by atoms with van der Waals surface area (Å²) in [5.41, 5.74) is 0.105. The number of rotatable bonds is 1. The third-order valence-electron chi connectivity index (χ3n) is 3.47. The summed E-state index contributed by atoms with van der Waals surface area (Å²) in [5.74, 6) is -0.0526. The predicted molar refractivity (Wildman–Crippen MR) is 67.2 cm³/mol. The van der Waals surface area contributed by atoms with Crippen LogP contribution in [0.2, 0.25) is 5.02 Å².